The van der Waals surface area contributed by atoms with E-state index in [1.54, 1.807) is 14.0 Å². The Morgan fingerprint density at radius 3 is 2.56 bits per heavy atom. The molecule has 7 heteroatoms. The minimum absolute atomic E-state index is 0.176. The molecule has 0 spiro atoms. The molecule has 1 unspecified atom stereocenters. The molecule has 0 radical (unpaired) electrons. The zero-order chi connectivity index (χ0) is 13.9. The lowest BCUT2D eigenvalue weighted by atomic mass is 10.3. The molecule has 1 atom stereocenters. The number of hydrogen-bond donors (Lipinski definition) is 2. The minimum Gasteiger partial charge on any atom is -0.480 e. The number of thiazole rings is 1. The molecule has 0 fully saturated rings. The minimum atomic E-state index is -0.960. The van der Waals surface area contributed by atoms with Gasteiger partial charge in [0.25, 0.3) is 0 Å². The van der Waals surface area contributed by atoms with E-state index in [9.17, 15) is 9.59 Å². The van der Waals surface area contributed by atoms with Gasteiger partial charge in [-0.05, 0) is 27.8 Å². The van der Waals surface area contributed by atoms with Crippen LogP contribution in [0.5, 0.6) is 0 Å². The van der Waals surface area contributed by atoms with E-state index in [0.717, 1.165) is 10.6 Å². The number of aryl methyl sites for hydroxylation is 2. The number of hydrogen-bond acceptors (Lipinski definition) is 5. The van der Waals surface area contributed by atoms with Gasteiger partial charge in [0.15, 0.2) is 5.13 Å². The number of carbonyl (C=O) groups excluding carboxylic acids is 1. The Hall–Kier alpha value is -1.47. The Balaban J connectivity index is 2.62. The third-order valence-corrected chi connectivity index (χ3v) is 3.67. The molecule has 1 aromatic rings. The van der Waals surface area contributed by atoms with Crippen molar-refractivity contribution in [1.82, 2.24) is 9.88 Å². The quantitative estimate of drug-likeness (QED) is 0.838. The van der Waals surface area contributed by atoms with E-state index in [2.05, 4.69) is 10.3 Å². The number of nitrogens with zero attached hydrogens (tertiary/aromatic N) is 2. The second-order valence-corrected chi connectivity index (χ2v) is 5.34. The van der Waals surface area contributed by atoms with Crippen molar-refractivity contribution in [2.45, 2.75) is 26.8 Å². The lowest BCUT2D eigenvalue weighted by Gasteiger charge is -2.21. The number of carboxylic acid groups (broad SMARTS) is 1. The fraction of sp³-hybridized carbons (Fsp3) is 0.545. The largest absolute Gasteiger partial charge is 0.480 e. The van der Waals surface area contributed by atoms with Crippen LogP contribution >= 0.6 is 11.3 Å². The normalized spacial score (nSPS) is 12.5. The number of rotatable bonds is 5. The molecule has 0 bridgehead atoms. The van der Waals surface area contributed by atoms with E-state index in [0.29, 0.717) is 5.13 Å². The SMILES string of the molecule is Cc1nc(NC(=O)C(C)N(C)CC(=O)O)sc1C. The van der Waals surface area contributed by atoms with Gasteiger partial charge in [-0.1, -0.05) is 0 Å². The summed E-state index contributed by atoms with van der Waals surface area (Å²) in [5, 5.41) is 11.9. The second kappa shape index (κ2) is 5.92. The Morgan fingerprint density at radius 1 is 1.50 bits per heavy atom. The van der Waals surface area contributed by atoms with Gasteiger partial charge in [-0.3, -0.25) is 14.5 Å². The predicted octanol–water partition coefficient (Wildman–Crippen LogP) is 1.10. The van der Waals surface area contributed by atoms with Gasteiger partial charge < -0.3 is 10.4 Å². The lowest BCUT2D eigenvalue weighted by Crippen LogP contribution is -2.42. The van der Waals surface area contributed by atoms with Gasteiger partial charge in [0.2, 0.25) is 5.91 Å². The highest BCUT2D eigenvalue weighted by Crippen LogP contribution is 2.21. The maximum atomic E-state index is 11.9. The summed E-state index contributed by atoms with van der Waals surface area (Å²) in [5.41, 5.74) is 0.891. The number of aromatic nitrogens is 1. The van der Waals surface area contributed by atoms with Crippen molar-refractivity contribution in [3.8, 4) is 0 Å². The molecule has 0 aliphatic carbocycles. The van der Waals surface area contributed by atoms with E-state index in [-0.39, 0.29) is 12.5 Å². The summed E-state index contributed by atoms with van der Waals surface area (Å²) in [5.74, 6) is -1.22. The fourth-order valence-corrected chi connectivity index (χ4v) is 2.10. The van der Waals surface area contributed by atoms with Gasteiger partial charge >= 0.3 is 5.97 Å². The first-order chi connectivity index (χ1) is 8.31. The summed E-state index contributed by atoms with van der Waals surface area (Å²) < 4.78 is 0. The fourth-order valence-electron chi connectivity index (χ4n) is 1.29. The van der Waals surface area contributed by atoms with Gasteiger partial charge in [-0.2, -0.15) is 0 Å². The number of carboxylic acids is 1. The summed E-state index contributed by atoms with van der Waals surface area (Å²) in [4.78, 5) is 29.2. The molecule has 1 aromatic heterocycles. The third kappa shape index (κ3) is 3.78. The topological polar surface area (TPSA) is 82.5 Å². The Kier molecular flexibility index (Phi) is 4.80. The van der Waals surface area contributed by atoms with Gasteiger partial charge in [0, 0.05) is 4.88 Å². The molecule has 100 valence electrons. The summed E-state index contributed by atoms with van der Waals surface area (Å²) in [7, 11) is 1.59. The molecule has 1 rings (SSSR count). The van der Waals surface area contributed by atoms with Crippen molar-refractivity contribution in [3.05, 3.63) is 10.6 Å². The van der Waals surface area contributed by atoms with Crippen LogP contribution < -0.4 is 5.32 Å². The van der Waals surface area contributed by atoms with Crippen molar-refractivity contribution < 1.29 is 14.7 Å². The Bertz CT molecular complexity index is 439. The molecule has 2 N–H and O–H groups in total. The Morgan fingerprint density at radius 2 is 2.11 bits per heavy atom. The lowest BCUT2D eigenvalue weighted by molar-refractivity contribution is -0.138. The summed E-state index contributed by atoms with van der Waals surface area (Å²) in [6.45, 7) is 5.29. The molecular weight excluding hydrogens is 254 g/mol. The van der Waals surface area contributed by atoms with E-state index in [1.165, 1.54) is 16.2 Å². The second-order valence-electron chi connectivity index (χ2n) is 4.13. The zero-order valence-corrected chi connectivity index (χ0v) is 11.7. The first kappa shape index (κ1) is 14.6. The smallest absolute Gasteiger partial charge is 0.317 e. The van der Waals surface area contributed by atoms with E-state index in [4.69, 9.17) is 5.11 Å². The van der Waals surface area contributed by atoms with Gasteiger partial charge in [-0.25, -0.2) is 4.98 Å². The monoisotopic (exact) mass is 271 g/mol. The van der Waals surface area contributed by atoms with Crippen LogP contribution in [0.25, 0.3) is 0 Å². The first-order valence-corrected chi connectivity index (χ1v) is 6.30. The highest BCUT2D eigenvalue weighted by atomic mass is 32.1. The average Bonchev–Trinajstić information content (AvgIpc) is 2.55. The van der Waals surface area contributed by atoms with Crippen LogP contribution in [0.3, 0.4) is 0 Å². The third-order valence-electron chi connectivity index (χ3n) is 2.68. The van der Waals surface area contributed by atoms with Crippen LogP contribution in [0.2, 0.25) is 0 Å². The predicted molar refractivity (Wildman–Crippen MR) is 69.9 cm³/mol. The average molecular weight is 271 g/mol. The summed E-state index contributed by atoms with van der Waals surface area (Å²) in [6.07, 6.45) is 0. The van der Waals surface area contributed by atoms with E-state index >= 15 is 0 Å². The van der Waals surface area contributed by atoms with Gasteiger partial charge in [-0.15, -0.1) is 11.3 Å². The van der Waals surface area contributed by atoms with Crippen LogP contribution in [-0.2, 0) is 9.59 Å². The molecule has 0 aliphatic heterocycles. The molecule has 6 nitrogen and oxygen atoms in total. The van der Waals surface area contributed by atoms with Crippen molar-refractivity contribution in [2.24, 2.45) is 0 Å². The first-order valence-electron chi connectivity index (χ1n) is 5.48. The number of amides is 1. The maximum Gasteiger partial charge on any atom is 0.317 e. The van der Waals surface area contributed by atoms with Crippen LogP contribution in [0, 0.1) is 13.8 Å². The summed E-state index contributed by atoms with van der Waals surface area (Å²) >= 11 is 1.41. The molecule has 18 heavy (non-hydrogen) atoms. The molecule has 0 aromatic carbocycles. The van der Waals surface area contributed by atoms with Crippen molar-refractivity contribution >= 4 is 28.3 Å². The molecule has 0 saturated carbocycles. The van der Waals surface area contributed by atoms with Crippen molar-refractivity contribution in [2.75, 3.05) is 18.9 Å². The van der Waals surface area contributed by atoms with Gasteiger partial charge in [0.05, 0.1) is 18.3 Å². The molecule has 1 amide bonds. The maximum absolute atomic E-state index is 11.9. The van der Waals surface area contributed by atoms with E-state index < -0.39 is 12.0 Å². The number of aliphatic carboxylic acids is 1. The standard InChI is InChI=1S/C11H17N3O3S/c1-6-8(3)18-11(12-6)13-10(17)7(2)14(4)5-9(15)16/h7H,5H2,1-4H3,(H,15,16)(H,12,13,17). The Labute approximate surface area is 110 Å². The highest BCUT2D eigenvalue weighted by molar-refractivity contribution is 7.15. The van der Waals surface area contributed by atoms with E-state index in [1.807, 2.05) is 13.8 Å². The number of anilines is 1. The van der Waals surface area contributed by atoms with Crippen LogP contribution in [0.15, 0.2) is 0 Å². The zero-order valence-electron chi connectivity index (χ0n) is 10.9. The highest BCUT2D eigenvalue weighted by Gasteiger charge is 2.20. The number of nitrogens with one attached hydrogen (secondary N) is 1. The summed E-state index contributed by atoms with van der Waals surface area (Å²) in [6, 6.07) is -0.523. The van der Waals surface area contributed by atoms with Crippen molar-refractivity contribution in [3.63, 3.8) is 0 Å². The van der Waals surface area contributed by atoms with Crippen LogP contribution in [0.4, 0.5) is 5.13 Å². The van der Waals surface area contributed by atoms with Crippen LogP contribution in [0.1, 0.15) is 17.5 Å². The molecule has 1 heterocycles. The molecular formula is C11H17N3O3S. The number of likely N-dealkylation sites (N-methyl/N-ethyl adjacent to an activating group) is 1. The molecule has 0 aliphatic rings. The van der Waals surface area contributed by atoms with Crippen molar-refractivity contribution in [1.29, 1.82) is 0 Å². The number of carbonyl (C=O) groups is 2. The molecule has 0 saturated heterocycles. The van der Waals surface area contributed by atoms with Gasteiger partial charge in [0.1, 0.15) is 0 Å². The van der Waals surface area contributed by atoms with Crippen LogP contribution in [-0.4, -0.2) is 46.5 Å².